The van der Waals surface area contributed by atoms with Crippen molar-refractivity contribution in [3.63, 3.8) is 0 Å². The van der Waals surface area contributed by atoms with E-state index in [9.17, 15) is 9.18 Å². The second-order valence-corrected chi connectivity index (χ2v) is 4.48. The average molecular weight is 252 g/mol. The van der Waals surface area contributed by atoms with Crippen molar-refractivity contribution in [2.24, 2.45) is 5.92 Å². The zero-order valence-electron chi connectivity index (χ0n) is 10.2. The summed E-state index contributed by atoms with van der Waals surface area (Å²) in [6.45, 7) is 1.95. The maximum Gasteiger partial charge on any atom is 0.254 e. The molecule has 4 nitrogen and oxygen atoms in total. The summed E-state index contributed by atoms with van der Waals surface area (Å²) in [5.41, 5.74) is 0.0314. The van der Waals surface area contributed by atoms with Gasteiger partial charge in [-0.1, -0.05) is 0 Å². The van der Waals surface area contributed by atoms with E-state index < -0.39 is 11.7 Å². The van der Waals surface area contributed by atoms with Crippen LogP contribution in [0.3, 0.4) is 0 Å². The predicted octanol–water partition coefficient (Wildman–Crippen LogP) is 1.77. The molecule has 1 aliphatic rings. The highest BCUT2D eigenvalue weighted by Gasteiger charge is 2.20. The number of hydrogen-bond donors (Lipinski definition) is 1. The van der Waals surface area contributed by atoms with Crippen LogP contribution >= 0.6 is 0 Å². The molecule has 1 fully saturated rings. The van der Waals surface area contributed by atoms with Crippen molar-refractivity contribution in [2.45, 2.75) is 19.3 Å². The van der Waals surface area contributed by atoms with Gasteiger partial charge in [-0.25, -0.2) is 4.39 Å². The maximum absolute atomic E-state index is 13.2. The molecule has 2 rings (SSSR count). The maximum atomic E-state index is 13.2. The summed E-state index contributed by atoms with van der Waals surface area (Å²) in [6, 6.07) is 1.37. The van der Waals surface area contributed by atoms with Gasteiger partial charge in [-0.15, -0.1) is 0 Å². The van der Waals surface area contributed by atoms with Crippen LogP contribution in [0.5, 0.6) is 0 Å². The minimum Gasteiger partial charge on any atom is -0.381 e. The van der Waals surface area contributed by atoms with Gasteiger partial charge in [0.2, 0.25) is 0 Å². The Morgan fingerprint density at radius 2 is 2.39 bits per heavy atom. The van der Waals surface area contributed by atoms with Crippen LogP contribution in [-0.4, -0.2) is 30.6 Å². The number of halogens is 1. The van der Waals surface area contributed by atoms with E-state index >= 15 is 0 Å². The molecule has 1 aliphatic carbocycles. The van der Waals surface area contributed by atoms with Gasteiger partial charge in [-0.3, -0.25) is 9.78 Å². The number of hydrogen-bond acceptors (Lipinski definition) is 3. The van der Waals surface area contributed by atoms with Gasteiger partial charge in [-0.05, 0) is 31.2 Å². The molecular weight excluding hydrogens is 235 g/mol. The molecule has 1 aromatic heterocycles. The summed E-state index contributed by atoms with van der Waals surface area (Å²) < 4.78 is 18.7. The second-order valence-electron chi connectivity index (χ2n) is 4.48. The first-order valence-corrected chi connectivity index (χ1v) is 6.23. The van der Waals surface area contributed by atoms with E-state index in [1.54, 1.807) is 0 Å². The van der Waals surface area contributed by atoms with Crippen molar-refractivity contribution in [1.29, 1.82) is 0 Å². The van der Waals surface area contributed by atoms with E-state index in [2.05, 4.69) is 10.3 Å². The highest BCUT2D eigenvalue weighted by Crippen LogP contribution is 2.28. The third-order valence-corrected chi connectivity index (χ3v) is 2.82. The molecule has 0 radical (unpaired) electrons. The van der Waals surface area contributed by atoms with Gasteiger partial charge in [0.25, 0.3) is 5.91 Å². The summed E-state index contributed by atoms with van der Waals surface area (Å²) in [5.74, 6) is -0.248. The molecule has 98 valence electrons. The molecule has 0 unspecified atom stereocenters. The van der Waals surface area contributed by atoms with Crippen molar-refractivity contribution in [1.82, 2.24) is 10.3 Å². The van der Waals surface area contributed by atoms with Gasteiger partial charge in [0.05, 0.1) is 11.8 Å². The smallest absolute Gasteiger partial charge is 0.254 e. The number of carbonyl (C=O) groups is 1. The summed E-state index contributed by atoms with van der Waals surface area (Å²) >= 11 is 0. The van der Waals surface area contributed by atoms with Crippen LogP contribution < -0.4 is 5.32 Å². The van der Waals surface area contributed by atoms with Gasteiger partial charge >= 0.3 is 0 Å². The van der Waals surface area contributed by atoms with Gasteiger partial charge in [-0.2, -0.15) is 0 Å². The fraction of sp³-hybridized carbons (Fsp3) is 0.538. The van der Waals surface area contributed by atoms with Gasteiger partial charge in [0.1, 0.15) is 0 Å². The zero-order chi connectivity index (χ0) is 12.8. The Labute approximate surface area is 106 Å². The van der Waals surface area contributed by atoms with E-state index in [-0.39, 0.29) is 5.56 Å². The molecule has 18 heavy (non-hydrogen) atoms. The van der Waals surface area contributed by atoms with Crippen LogP contribution in [0, 0.1) is 11.7 Å². The van der Waals surface area contributed by atoms with E-state index in [0.717, 1.165) is 25.1 Å². The quantitative estimate of drug-likeness (QED) is 0.752. The summed E-state index contributed by atoms with van der Waals surface area (Å²) in [7, 11) is 0. The first-order valence-electron chi connectivity index (χ1n) is 6.23. The Balaban J connectivity index is 1.60. The largest absolute Gasteiger partial charge is 0.381 e. The highest BCUT2D eigenvalue weighted by molar-refractivity contribution is 5.94. The van der Waals surface area contributed by atoms with Crippen LogP contribution in [0.25, 0.3) is 0 Å². The van der Waals surface area contributed by atoms with E-state index in [1.807, 2.05) is 0 Å². The molecule has 1 aromatic rings. The molecule has 1 amide bonds. The lowest BCUT2D eigenvalue weighted by Crippen LogP contribution is -2.26. The molecule has 1 heterocycles. The van der Waals surface area contributed by atoms with Crippen LogP contribution in [0.4, 0.5) is 4.39 Å². The lowest BCUT2D eigenvalue weighted by molar-refractivity contribution is 0.0933. The van der Waals surface area contributed by atoms with Crippen molar-refractivity contribution in [3.05, 3.63) is 29.8 Å². The first-order chi connectivity index (χ1) is 8.77. The molecule has 0 aliphatic heterocycles. The average Bonchev–Trinajstić information content (AvgIpc) is 3.18. The third-order valence-electron chi connectivity index (χ3n) is 2.82. The van der Waals surface area contributed by atoms with Crippen molar-refractivity contribution in [2.75, 3.05) is 19.8 Å². The summed E-state index contributed by atoms with van der Waals surface area (Å²) in [4.78, 5) is 15.2. The Morgan fingerprint density at radius 1 is 1.56 bits per heavy atom. The van der Waals surface area contributed by atoms with Gasteiger partial charge in [0.15, 0.2) is 5.82 Å². The lowest BCUT2D eigenvalue weighted by Gasteiger charge is -2.06. The van der Waals surface area contributed by atoms with Crippen LogP contribution in [0.2, 0.25) is 0 Å². The van der Waals surface area contributed by atoms with Crippen molar-refractivity contribution < 1.29 is 13.9 Å². The number of aromatic nitrogens is 1. The van der Waals surface area contributed by atoms with E-state index in [4.69, 9.17) is 4.74 Å². The number of pyridine rings is 1. The van der Waals surface area contributed by atoms with E-state index in [1.165, 1.54) is 25.1 Å². The van der Waals surface area contributed by atoms with Crippen LogP contribution in [-0.2, 0) is 4.74 Å². The molecule has 0 bridgehead atoms. The molecule has 0 saturated heterocycles. The van der Waals surface area contributed by atoms with Crippen LogP contribution in [0.1, 0.15) is 29.6 Å². The normalized spacial score (nSPS) is 14.5. The van der Waals surface area contributed by atoms with Gasteiger partial charge in [0, 0.05) is 26.0 Å². The Morgan fingerprint density at radius 3 is 3.11 bits per heavy atom. The minimum absolute atomic E-state index is 0.0314. The highest BCUT2D eigenvalue weighted by atomic mass is 19.1. The topological polar surface area (TPSA) is 51.2 Å². The molecule has 1 N–H and O–H groups in total. The Hall–Kier alpha value is -1.49. The summed E-state index contributed by atoms with van der Waals surface area (Å²) in [5, 5.41) is 2.66. The van der Waals surface area contributed by atoms with Crippen molar-refractivity contribution >= 4 is 5.91 Å². The monoisotopic (exact) mass is 252 g/mol. The fourth-order valence-electron chi connectivity index (χ4n) is 1.57. The number of carbonyl (C=O) groups excluding carboxylic acids is 1. The fourth-order valence-corrected chi connectivity index (χ4v) is 1.57. The molecule has 5 heteroatoms. The van der Waals surface area contributed by atoms with Gasteiger partial charge < -0.3 is 10.1 Å². The minimum atomic E-state index is -0.597. The molecule has 0 aromatic carbocycles. The third kappa shape index (κ3) is 4.07. The molecule has 0 atom stereocenters. The predicted molar refractivity (Wildman–Crippen MR) is 64.7 cm³/mol. The Kier molecular flexibility index (Phi) is 4.64. The molecule has 1 saturated carbocycles. The lowest BCUT2D eigenvalue weighted by atomic mass is 10.2. The van der Waals surface area contributed by atoms with Crippen molar-refractivity contribution in [3.8, 4) is 0 Å². The zero-order valence-corrected chi connectivity index (χ0v) is 10.2. The first kappa shape index (κ1) is 13.0. The number of rotatable bonds is 7. The number of nitrogens with one attached hydrogen (secondary N) is 1. The number of amides is 1. The summed E-state index contributed by atoms with van der Waals surface area (Å²) in [6.07, 6.45) is 5.73. The molecular formula is C13H17FN2O2. The SMILES string of the molecule is O=C(NCCCOCC1CC1)c1ccncc1F. The Bertz CT molecular complexity index is 408. The standard InChI is InChI=1S/C13H17FN2O2/c14-12-8-15-6-4-11(12)13(17)16-5-1-7-18-9-10-2-3-10/h4,6,8,10H,1-3,5,7,9H2,(H,16,17). The number of nitrogens with zero attached hydrogens (tertiary/aromatic N) is 1. The molecule has 0 spiro atoms. The number of ether oxygens (including phenoxy) is 1. The second kappa shape index (κ2) is 6.44. The van der Waals surface area contributed by atoms with E-state index in [0.29, 0.717) is 13.2 Å². The van der Waals surface area contributed by atoms with Crippen LogP contribution in [0.15, 0.2) is 18.5 Å².